The molecule has 5 heteroatoms. The summed E-state index contributed by atoms with van der Waals surface area (Å²) >= 11 is 0. The summed E-state index contributed by atoms with van der Waals surface area (Å²) in [4.78, 5) is 8.56. The molecule has 1 fully saturated rings. The van der Waals surface area contributed by atoms with Crippen LogP contribution in [0.4, 0.5) is 5.82 Å². The zero-order valence-electron chi connectivity index (χ0n) is 10.6. The van der Waals surface area contributed by atoms with Gasteiger partial charge in [-0.1, -0.05) is 19.3 Å². The lowest BCUT2D eigenvalue weighted by Gasteiger charge is -2.35. The van der Waals surface area contributed by atoms with Crippen molar-refractivity contribution in [2.45, 2.75) is 44.6 Å². The molecule has 2 rings (SSSR count). The fourth-order valence-corrected chi connectivity index (χ4v) is 2.53. The second kappa shape index (κ2) is 5.32. The van der Waals surface area contributed by atoms with Gasteiger partial charge in [-0.2, -0.15) is 5.26 Å². The molecule has 18 heavy (non-hydrogen) atoms. The first-order valence-corrected chi connectivity index (χ1v) is 6.39. The quantitative estimate of drug-likeness (QED) is 0.883. The average Bonchev–Trinajstić information content (AvgIpc) is 2.40. The molecule has 1 heterocycles. The third-order valence-corrected chi connectivity index (χ3v) is 3.43. The summed E-state index contributed by atoms with van der Waals surface area (Å²) in [5.74, 6) is 0.868. The number of nitrogens with two attached hydrogens (primary N) is 1. The lowest BCUT2D eigenvalue weighted by molar-refractivity contribution is -0.0766. The van der Waals surface area contributed by atoms with Gasteiger partial charge in [0.05, 0.1) is 6.20 Å². The molecule has 0 atom stereocenters. The Hall–Kier alpha value is -1.67. The Labute approximate surface area is 107 Å². The molecule has 1 aliphatic rings. The summed E-state index contributed by atoms with van der Waals surface area (Å²) in [6, 6.07) is 1.98. The first-order chi connectivity index (χ1) is 8.72. The SMILES string of the molecule is CCOC1(c2ncc(C#N)c(N)n2)CCCCC1. The van der Waals surface area contributed by atoms with E-state index in [-0.39, 0.29) is 5.82 Å². The lowest BCUT2D eigenvalue weighted by atomic mass is 9.83. The van der Waals surface area contributed by atoms with Crippen molar-refractivity contribution in [1.29, 1.82) is 5.26 Å². The number of nitrogen functional groups attached to an aromatic ring is 1. The van der Waals surface area contributed by atoms with Crippen LogP contribution < -0.4 is 5.73 Å². The van der Waals surface area contributed by atoms with Crippen molar-refractivity contribution < 1.29 is 4.74 Å². The summed E-state index contributed by atoms with van der Waals surface area (Å²) in [5.41, 5.74) is 5.68. The minimum absolute atomic E-state index is 0.243. The van der Waals surface area contributed by atoms with Crippen LogP contribution in [-0.4, -0.2) is 16.6 Å². The Bertz CT molecular complexity index is 455. The van der Waals surface area contributed by atoms with Crippen LogP contribution in [0, 0.1) is 11.3 Å². The van der Waals surface area contributed by atoms with E-state index in [1.807, 2.05) is 13.0 Å². The fourth-order valence-electron chi connectivity index (χ4n) is 2.53. The van der Waals surface area contributed by atoms with Gasteiger partial charge in [0.15, 0.2) is 5.82 Å². The van der Waals surface area contributed by atoms with Gasteiger partial charge in [0.2, 0.25) is 0 Å². The molecule has 1 aromatic rings. The molecule has 1 aromatic heterocycles. The van der Waals surface area contributed by atoms with Crippen LogP contribution in [0.3, 0.4) is 0 Å². The predicted octanol–water partition coefficient (Wildman–Crippen LogP) is 2.13. The molecular weight excluding hydrogens is 228 g/mol. The molecule has 0 spiro atoms. The van der Waals surface area contributed by atoms with Gasteiger partial charge in [0.25, 0.3) is 0 Å². The second-order valence-electron chi connectivity index (χ2n) is 4.59. The van der Waals surface area contributed by atoms with E-state index in [1.54, 1.807) is 0 Å². The number of aromatic nitrogens is 2. The van der Waals surface area contributed by atoms with E-state index in [4.69, 9.17) is 15.7 Å². The summed E-state index contributed by atoms with van der Waals surface area (Å²) in [7, 11) is 0. The number of nitriles is 1. The average molecular weight is 246 g/mol. The van der Waals surface area contributed by atoms with E-state index in [2.05, 4.69) is 9.97 Å². The highest BCUT2D eigenvalue weighted by Gasteiger charge is 2.37. The molecule has 0 saturated heterocycles. The Balaban J connectivity index is 2.36. The van der Waals surface area contributed by atoms with Crippen LogP contribution in [-0.2, 0) is 10.3 Å². The molecule has 96 valence electrons. The monoisotopic (exact) mass is 246 g/mol. The molecule has 5 nitrogen and oxygen atoms in total. The smallest absolute Gasteiger partial charge is 0.162 e. The van der Waals surface area contributed by atoms with Gasteiger partial charge in [0, 0.05) is 6.61 Å². The molecule has 0 aromatic carbocycles. The fraction of sp³-hybridized carbons (Fsp3) is 0.615. The third-order valence-electron chi connectivity index (χ3n) is 3.43. The van der Waals surface area contributed by atoms with E-state index < -0.39 is 5.60 Å². The highest BCUT2D eigenvalue weighted by Crippen LogP contribution is 2.39. The normalized spacial score (nSPS) is 18.2. The van der Waals surface area contributed by atoms with E-state index in [0.29, 0.717) is 18.0 Å². The zero-order chi connectivity index (χ0) is 13.0. The van der Waals surface area contributed by atoms with Crippen molar-refractivity contribution in [3.8, 4) is 6.07 Å². The van der Waals surface area contributed by atoms with E-state index >= 15 is 0 Å². The van der Waals surface area contributed by atoms with Crippen LogP contribution in [0.5, 0.6) is 0 Å². The van der Waals surface area contributed by atoms with E-state index in [0.717, 1.165) is 25.7 Å². The van der Waals surface area contributed by atoms with Crippen molar-refractivity contribution >= 4 is 5.82 Å². The summed E-state index contributed by atoms with van der Waals surface area (Å²) in [6.07, 6.45) is 6.79. The van der Waals surface area contributed by atoms with Crippen molar-refractivity contribution in [1.82, 2.24) is 9.97 Å². The largest absolute Gasteiger partial charge is 0.382 e. The van der Waals surface area contributed by atoms with Crippen LogP contribution in [0.1, 0.15) is 50.4 Å². The number of hydrogen-bond donors (Lipinski definition) is 1. The summed E-state index contributed by atoms with van der Waals surface area (Å²) in [6.45, 7) is 2.60. The third kappa shape index (κ3) is 2.29. The van der Waals surface area contributed by atoms with Gasteiger partial charge in [-0.3, -0.25) is 0 Å². The van der Waals surface area contributed by atoms with Crippen molar-refractivity contribution in [2.24, 2.45) is 0 Å². The molecule has 0 radical (unpaired) electrons. The minimum atomic E-state index is -0.408. The number of ether oxygens (including phenoxy) is 1. The molecule has 2 N–H and O–H groups in total. The molecule has 0 bridgehead atoms. The van der Waals surface area contributed by atoms with Gasteiger partial charge < -0.3 is 10.5 Å². The topological polar surface area (TPSA) is 84.8 Å². The predicted molar refractivity (Wildman–Crippen MR) is 67.5 cm³/mol. The van der Waals surface area contributed by atoms with Crippen molar-refractivity contribution in [3.05, 3.63) is 17.6 Å². The molecule has 1 aliphatic carbocycles. The maximum atomic E-state index is 8.85. The van der Waals surface area contributed by atoms with E-state index in [1.165, 1.54) is 12.6 Å². The Morgan fingerprint density at radius 1 is 1.44 bits per heavy atom. The first kappa shape index (κ1) is 12.8. The molecule has 0 aliphatic heterocycles. The van der Waals surface area contributed by atoms with Crippen LogP contribution in [0.2, 0.25) is 0 Å². The Kier molecular flexibility index (Phi) is 3.78. The molecule has 0 unspecified atom stereocenters. The van der Waals surface area contributed by atoms with Gasteiger partial charge in [-0.05, 0) is 19.8 Å². The van der Waals surface area contributed by atoms with E-state index in [9.17, 15) is 0 Å². The van der Waals surface area contributed by atoms with Crippen LogP contribution in [0.15, 0.2) is 6.20 Å². The van der Waals surface area contributed by atoms with Crippen LogP contribution >= 0.6 is 0 Å². The number of rotatable bonds is 3. The maximum absolute atomic E-state index is 8.85. The second-order valence-corrected chi connectivity index (χ2v) is 4.59. The van der Waals surface area contributed by atoms with Gasteiger partial charge >= 0.3 is 0 Å². The van der Waals surface area contributed by atoms with Crippen molar-refractivity contribution in [3.63, 3.8) is 0 Å². The van der Waals surface area contributed by atoms with Crippen molar-refractivity contribution in [2.75, 3.05) is 12.3 Å². The maximum Gasteiger partial charge on any atom is 0.162 e. The molecule has 0 amide bonds. The Morgan fingerprint density at radius 2 is 2.17 bits per heavy atom. The lowest BCUT2D eigenvalue weighted by Crippen LogP contribution is -2.34. The van der Waals surface area contributed by atoms with Gasteiger partial charge in [0.1, 0.15) is 23.1 Å². The van der Waals surface area contributed by atoms with Gasteiger partial charge in [-0.15, -0.1) is 0 Å². The van der Waals surface area contributed by atoms with Crippen LogP contribution in [0.25, 0.3) is 0 Å². The highest BCUT2D eigenvalue weighted by atomic mass is 16.5. The van der Waals surface area contributed by atoms with Gasteiger partial charge in [-0.25, -0.2) is 9.97 Å². The number of anilines is 1. The minimum Gasteiger partial charge on any atom is -0.382 e. The summed E-state index contributed by atoms with van der Waals surface area (Å²) < 4.78 is 5.92. The number of hydrogen-bond acceptors (Lipinski definition) is 5. The highest BCUT2D eigenvalue weighted by molar-refractivity contribution is 5.46. The summed E-state index contributed by atoms with van der Waals surface area (Å²) in [5, 5.41) is 8.85. The first-order valence-electron chi connectivity index (χ1n) is 6.39. The zero-order valence-corrected chi connectivity index (χ0v) is 10.6. The standard InChI is InChI=1S/C13H18N4O/c1-2-18-13(6-4-3-5-7-13)12-16-9-10(8-14)11(15)17-12/h9H,2-7H2,1H3,(H2,15,16,17). The number of nitrogens with zero attached hydrogens (tertiary/aromatic N) is 3. The molecular formula is C13H18N4O. The molecule has 1 saturated carbocycles. The Morgan fingerprint density at radius 3 is 2.72 bits per heavy atom.